The first-order valence-electron chi connectivity index (χ1n) is 6.07. The van der Waals surface area contributed by atoms with E-state index in [9.17, 15) is 39.5 Å². The lowest BCUT2D eigenvalue weighted by Crippen LogP contribution is -2.68. The van der Waals surface area contributed by atoms with Crippen LogP contribution in [0.25, 0.3) is 0 Å². The zero-order valence-corrected chi connectivity index (χ0v) is 11.3. The van der Waals surface area contributed by atoms with Gasteiger partial charge >= 0.3 is 23.7 Å². The van der Waals surface area contributed by atoms with Crippen molar-refractivity contribution in [3.05, 3.63) is 11.4 Å². The zero-order chi connectivity index (χ0) is 17.1. The highest BCUT2D eigenvalue weighted by Gasteiger charge is 2.87. The Hall–Kier alpha value is -0.890. The van der Waals surface area contributed by atoms with Gasteiger partial charge in [0.2, 0.25) is 0 Å². The van der Waals surface area contributed by atoms with Crippen molar-refractivity contribution in [2.45, 2.75) is 57.3 Å². The molecule has 0 nitrogen and oxygen atoms in total. The van der Waals surface area contributed by atoms with Crippen LogP contribution in [0.15, 0.2) is 11.4 Å². The van der Waals surface area contributed by atoms with E-state index < -0.39 is 53.3 Å². The van der Waals surface area contributed by atoms with Crippen molar-refractivity contribution in [3.63, 3.8) is 0 Å². The fourth-order valence-electron chi connectivity index (χ4n) is 2.23. The zero-order valence-electron chi connectivity index (χ0n) is 11.3. The second kappa shape index (κ2) is 4.55. The molecule has 0 fully saturated rings. The molecule has 0 aliphatic heterocycles. The van der Waals surface area contributed by atoms with Crippen LogP contribution in [0.3, 0.4) is 0 Å². The number of rotatable bonds is 3. The molecule has 0 atom stereocenters. The van der Waals surface area contributed by atoms with Gasteiger partial charge in [0, 0.05) is 5.57 Å². The summed E-state index contributed by atoms with van der Waals surface area (Å²) in [5, 5.41) is 0. The molecule has 9 heteroatoms. The molecule has 0 amide bonds. The van der Waals surface area contributed by atoms with Crippen LogP contribution in [-0.2, 0) is 0 Å². The Kier molecular flexibility index (Phi) is 3.94. The first-order valence-corrected chi connectivity index (χ1v) is 6.07. The fraction of sp³-hybridized carbons (Fsp3) is 0.833. The Morgan fingerprint density at radius 3 is 1.43 bits per heavy atom. The predicted octanol–water partition coefficient (Wildman–Crippen LogP) is 5.59. The van der Waals surface area contributed by atoms with E-state index in [2.05, 4.69) is 0 Å². The fourth-order valence-corrected chi connectivity index (χ4v) is 2.23. The molecule has 0 saturated heterocycles. The van der Waals surface area contributed by atoms with Crippen LogP contribution in [0.5, 0.6) is 0 Å². The number of alkyl halides is 8. The maximum Gasteiger partial charge on any atom is 0.385 e. The highest BCUT2D eigenvalue weighted by Crippen LogP contribution is 2.65. The van der Waals surface area contributed by atoms with Crippen molar-refractivity contribution in [1.29, 1.82) is 0 Å². The van der Waals surface area contributed by atoms with Gasteiger partial charge in [-0.25, -0.2) is 4.39 Å². The van der Waals surface area contributed by atoms with Gasteiger partial charge in [0.25, 0.3) is 0 Å². The van der Waals surface area contributed by atoms with Crippen molar-refractivity contribution in [1.82, 2.24) is 0 Å². The summed E-state index contributed by atoms with van der Waals surface area (Å²) in [5.74, 6) is -27.8. The number of allylic oxidation sites excluding steroid dienone is 2. The lowest BCUT2D eigenvalue weighted by Gasteiger charge is -2.46. The monoisotopic (exact) mass is 328 g/mol. The average molecular weight is 328 g/mol. The maximum atomic E-state index is 13.7. The van der Waals surface area contributed by atoms with E-state index in [0.29, 0.717) is 0 Å². The molecular formula is C12H13F9. The molecule has 0 heterocycles. The van der Waals surface area contributed by atoms with Gasteiger partial charge in [0.15, 0.2) is 5.83 Å². The summed E-state index contributed by atoms with van der Waals surface area (Å²) in [6, 6.07) is 0. The quantitative estimate of drug-likeness (QED) is 0.592. The molecule has 0 radical (unpaired) electrons. The van der Waals surface area contributed by atoms with Crippen molar-refractivity contribution < 1.29 is 39.5 Å². The molecule has 0 spiro atoms. The van der Waals surface area contributed by atoms with Crippen molar-refractivity contribution in [2.24, 2.45) is 5.41 Å². The minimum atomic E-state index is -6.53. The number of halogens is 9. The van der Waals surface area contributed by atoms with Crippen molar-refractivity contribution in [3.8, 4) is 0 Å². The lowest BCUT2D eigenvalue weighted by molar-refractivity contribution is -0.366. The van der Waals surface area contributed by atoms with Crippen molar-refractivity contribution >= 4 is 0 Å². The van der Waals surface area contributed by atoms with Gasteiger partial charge in [-0.3, -0.25) is 0 Å². The van der Waals surface area contributed by atoms with Crippen LogP contribution in [-0.4, -0.2) is 23.7 Å². The Labute approximate surface area is 115 Å². The van der Waals surface area contributed by atoms with Crippen molar-refractivity contribution in [2.75, 3.05) is 0 Å². The van der Waals surface area contributed by atoms with Crippen LogP contribution < -0.4 is 0 Å². The Morgan fingerprint density at radius 2 is 1.10 bits per heavy atom. The van der Waals surface area contributed by atoms with Crippen LogP contribution in [0.1, 0.15) is 33.6 Å². The molecular weight excluding hydrogens is 315 g/mol. The molecule has 0 aromatic rings. The summed E-state index contributed by atoms with van der Waals surface area (Å²) >= 11 is 0. The highest BCUT2D eigenvalue weighted by atomic mass is 19.4. The van der Waals surface area contributed by atoms with Gasteiger partial charge in [0.05, 0.1) is 0 Å². The first-order chi connectivity index (χ1) is 9.15. The smallest absolute Gasteiger partial charge is 0.205 e. The first kappa shape index (κ1) is 18.2. The van der Waals surface area contributed by atoms with Gasteiger partial charge in [-0.1, -0.05) is 20.8 Å². The lowest BCUT2D eigenvalue weighted by atomic mass is 9.68. The number of hydrogen-bond donors (Lipinski definition) is 0. The Balaban J connectivity index is 3.85. The summed E-state index contributed by atoms with van der Waals surface area (Å²) < 4.78 is 120. The largest absolute Gasteiger partial charge is 0.385 e. The maximum absolute atomic E-state index is 13.7. The highest BCUT2D eigenvalue weighted by molar-refractivity contribution is 5.39. The van der Waals surface area contributed by atoms with Crippen LogP contribution in [0, 0.1) is 5.41 Å². The predicted molar refractivity (Wildman–Crippen MR) is 56.6 cm³/mol. The minimum Gasteiger partial charge on any atom is -0.205 e. The van der Waals surface area contributed by atoms with Gasteiger partial charge in [0.1, 0.15) is 0 Å². The Morgan fingerprint density at radius 1 is 0.762 bits per heavy atom. The van der Waals surface area contributed by atoms with E-state index >= 15 is 0 Å². The summed E-state index contributed by atoms with van der Waals surface area (Å²) in [6.45, 7) is 3.22. The van der Waals surface area contributed by atoms with Gasteiger partial charge in [-0.2, -0.15) is 35.1 Å². The Bertz CT molecular complexity index is 457. The normalized spacial score (nSPS) is 26.9. The standard InChI is InChI=1S/C12H13F9/c1-4-8(3,5-2)6-7(13)10(16,17)12(20,21)11(18,19)9(6,14)15/h4-5H2,1-3H3. The van der Waals surface area contributed by atoms with Gasteiger partial charge in [-0.15, -0.1) is 0 Å². The second-order valence-corrected chi connectivity index (χ2v) is 5.25. The van der Waals surface area contributed by atoms with Gasteiger partial charge < -0.3 is 0 Å². The van der Waals surface area contributed by atoms with Gasteiger partial charge in [-0.05, 0) is 18.3 Å². The third kappa shape index (κ3) is 1.91. The molecule has 124 valence electrons. The molecule has 0 N–H and O–H groups in total. The molecule has 0 aromatic heterocycles. The molecule has 0 saturated carbocycles. The van der Waals surface area contributed by atoms with E-state index in [1.54, 1.807) is 0 Å². The SMILES string of the molecule is CCC(C)(CC)C1=C(F)C(F)(F)C(F)(F)C(F)(F)C1(F)F. The third-order valence-electron chi connectivity index (χ3n) is 4.16. The molecule has 0 aromatic carbocycles. The van der Waals surface area contributed by atoms with E-state index in [4.69, 9.17) is 0 Å². The molecule has 0 unspecified atom stereocenters. The van der Waals surface area contributed by atoms with E-state index in [1.165, 1.54) is 13.8 Å². The molecule has 21 heavy (non-hydrogen) atoms. The summed E-state index contributed by atoms with van der Waals surface area (Å²) in [5.41, 5.74) is -4.35. The van der Waals surface area contributed by atoms with E-state index in [0.717, 1.165) is 6.92 Å². The third-order valence-corrected chi connectivity index (χ3v) is 4.16. The molecule has 0 bridgehead atoms. The minimum absolute atomic E-state index is 0.403. The average Bonchev–Trinajstić information content (AvgIpc) is 2.36. The summed E-state index contributed by atoms with van der Waals surface area (Å²) in [7, 11) is 0. The van der Waals surface area contributed by atoms with Crippen LogP contribution in [0.2, 0.25) is 0 Å². The summed E-state index contributed by atoms with van der Waals surface area (Å²) in [4.78, 5) is 0. The second-order valence-electron chi connectivity index (χ2n) is 5.25. The van der Waals surface area contributed by atoms with Crippen LogP contribution >= 0.6 is 0 Å². The van der Waals surface area contributed by atoms with E-state index in [-0.39, 0.29) is 0 Å². The van der Waals surface area contributed by atoms with E-state index in [1.807, 2.05) is 0 Å². The summed E-state index contributed by atoms with van der Waals surface area (Å²) in [6.07, 6.45) is -0.806. The molecule has 1 aliphatic rings. The van der Waals surface area contributed by atoms with Crippen LogP contribution in [0.4, 0.5) is 39.5 Å². The number of hydrogen-bond acceptors (Lipinski definition) is 0. The molecule has 1 rings (SSSR count). The topological polar surface area (TPSA) is 0 Å². The molecule has 1 aliphatic carbocycles.